The summed E-state index contributed by atoms with van der Waals surface area (Å²) >= 11 is 0. The van der Waals surface area contributed by atoms with Crippen LogP contribution in [0.2, 0.25) is 0 Å². The van der Waals surface area contributed by atoms with Gasteiger partial charge in [-0.3, -0.25) is 4.79 Å². The van der Waals surface area contributed by atoms with Crippen LogP contribution in [0.15, 0.2) is 30.5 Å². The topological polar surface area (TPSA) is 36.1 Å². The number of hydrogen-bond acceptors (Lipinski definition) is 1. The molecule has 0 bridgehead atoms. The maximum Gasteiger partial charge on any atom is 0.253 e. The van der Waals surface area contributed by atoms with Crippen molar-refractivity contribution < 1.29 is 4.79 Å². The number of benzene rings is 1. The van der Waals surface area contributed by atoms with Crippen LogP contribution in [-0.4, -0.2) is 28.9 Å². The van der Waals surface area contributed by atoms with Crippen LogP contribution in [0.25, 0.3) is 10.9 Å². The van der Waals surface area contributed by atoms with E-state index in [2.05, 4.69) is 4.98 Å². The predicted molar refractivity (Wildman–Crippen MR) is 65.6 cm³/mol. The van der Waals surface area contributed by atoms with Crippen molar-refractivity contribution >= 4 is 16.8 Å². The molecular formula is C13H16N2O. The molecule has 3 heteroatoms. The van der Waals surface area contributed by atoms with Crippen LogP contribution in [0.3, 0.4) is 0 Å². The van der Waals surface area contributed by atoms with Crippen LogP contribution < -0.4 is 0 Å². The fourth-order valence-corrected chi connectivity index (χ4v) is 1.87. The molecule has 16 heavy (non-hydrogen) atoms. The van der Waals surface area contributed by atoms with Crippen LogP contribution in [0.4, 0.5) is 0 Å². The van der Waals surface area contributed by atoms with Gasteiger partial charge in [-0.25, -0.2) is 0 Å². The molecule has 0 radical (unpaired) electrons. The number of carbonyl (C=O) groups excluding carboxylic acids is 1. The lowest BCUT2D eigenvalue weighted by atomic mass is 10.1. The minimum atomic E-state index is 0.0986. The number of aromatic amines is 1. The van der Waals surface area contributed by atoms with Crippen molar-refractivity contribution in [2.45, 2.75) is 13.8 Å². The second kappa shape index (κ2) is 4.39. The van der Waals surface area contributed by atoms with Gasteiger partial charge in [0.25, 0.3) is 5.91 Å². The first kappa shape index (κ1) is 10.7. The van der Waals surface area contributed by atoms with Crippen molar-refractivity contribution in [3.8, 4) is 0 Å². The van der Waals surface area contributed by atoms with E-state index in [1.807, 2.05) is 49.2 Å². The molecule has 0 aliphatic carbocycles. The van der Waals surface area contributed by atoms with Gasteiger partial charge in [-0.2, -0.15) is 0 Å². The van der Waals surface area contributed by atoms with Crippen molar-refractivity contribution in [1.82, 2.24) is 9.88 Å². The molecule has 2 aromatic rings. The Kier molecular flexibility index (Phi) is 2.95. The second-order valence-corrected chi connectivity index (χ2v) is 3.76. The van der Waals surface area contributed by atoms with Crippen LogP contribution in [0, 0.1) is 0 Å². The molecule has 2 rings (SSSR count). The maximum absolute atomic E-state index is 12.1. The molecule has 0 unspecified atom stereocenters. The minimum Gasteiger partial charge on any atom is -0.361 e. The summed E-state index contributed by atoms with van der Waals surface area (Å²) in [4.78, 5) is 17.0. The van der Waals surface area contributed by atoms with E-state index in [0.29, 0.717) is 0 Å². The molecule has 1 aromatic carbocycles. The molecule has 1 heterocycles. The molecule has 84 valence electrons. The summed E-state index contributed by atoms with van der Waals surface area (Å²) in [5.41, 5.74) is 1.76. The number of H-pyrrole nitrogens is 1. The number of amides is 1. The van der Waals surface area contributed by atoms with Gasteiger partial charge in [0.2, 0.25) is 0 Å². The third-order valence-electron chi connectivity index (χ3n) is 2.85. The quantitative estimate of drug-likeness (QED) is 0.841. The lowest BCUT2D eigenvalue weighted by Gasteiger charge is -2.18. The third kappa shape index (κ3) is 1.81. The predicted octanol–water partition coefficient (Wildman–Crippen LogP) is 2.65. The molecule has 0 saturated heterocycles. The van der Waals surface area contributed by atoms with Crippen LogP contribution in [0.1, 0.15) is 24.2 Å². The van der Waals surface area contributed by atoms with E-state index >= 15 is 0 Å². The Morgan fingerprint density at radius 1 is 1.25 bits per heavy atom. The lowest BCUT2D eigenvalue weighted by Crippen LogP contribution is -2.30. The van der Waals surface area contributed by atoms with E-state index in [4.69, 9.17) is 0 Å². The standard InChI is InChI=1S/C13H16N2O/c1-3-15(4-2)13(16)11-6-5-10-7-8-14-12(10)9-11/h5-9,14H,3-4H2,1-2H3. The highest BCUT2D eigenvalue weighted by atomic mass is 16.2. The first-order valence-electron chi connectivity index (χ1n) is 5.62. The van der Waals surface area contributed by atoms with Gasteiger partial charge in [-0.1, -0.05) is 6.07 Å². The average molecular weight is 216 g/mol. The number of rotatable bonds is 3. The highest BCUT2D eigenvalue weighted by molar-refractivity contribution is 5.97. The Bertz CT molecular complexity index is 497. The SMILES string of the molecule is CCN(CC)C(=O)c1ccc2cc[nH]c2c1. The van der Waals surface area contributed by atoms with Gasteiger partial charge in [0, 0.05) is 30.4 Å². The van der Waals surface area contributed by atoms with E-state index in [1.165, 1.54) is 0 Å². The van der Waals surface area contributed by atoms with E-state index < -0.39 is 0 Å². The summed E-state index contributed by atoms with van der Waals surface area (Å²) in [7, 11) is 0. The van der Waals surface area contributed by atoms with E-state index in [-0.39, 0.29) is 5.91 Å². The summed E-state index contributed by atoms with van der Waals surface area (Å²) in [5, 5.41) is 1.14. The van der Waals surface area contributed by atoms with Gasteiger partial charge in [0.15, 0.2) is 0 Å². The molecule has 1 N–H and O–H groups in total. The van der Waals surface area contributed by atoms with Crippen molar-refractivity contribution in [2.24, 2.45) is 0 Å². The van der Waals surface area contributed by atoms with Gasteiger partial charge in [-0.15, -0.1) is 0 Å². The van der Waals surface area contributed by atoms with Gasteiger partial charge in [0.1, 0.15) is 0 Å². The maximum atomic E-state index is 12.1. The number of aromatic nitrogens is 1. The Hall–Kier alpha value is -1.77. The summed E-state index contributed by atoms with van der Waals surface area (Å²) in [6, 6.07) is 7.77. The molecule has 0 fully saturated rings. The molecule has 1 aromatic heterocycles. The number of fused-ring (bicyclic) bond motifs is 1. The van der Waals surface area contributed by atoms with Crippen LogP contribution in [-0.2, 0) is 0 Å². The fraction of sp³-hybridized carbons (Fsp3) is 0.308. The highest BCUT2D eigenvalue weighted by Gasteiger charge is 2.12. The summed E-state index contributed by atoms with van der Waals surface area (Å²) in [5.74, 6) is 0.0986. The van der Waals surface area contributed by atoms with Crippen LogP contribution >= 0.6 is 0 Å². The molecule has 0 saturated carbocycles. The van der Waals surface area contributed by atoms with E-state index in [0.717, 1.165) is 29.6 Å². The minimum absolute atomic E-state index is 0.0986. The van der Waals surface area contributed by atoms with Crippen molar-refractivity contribution in [1.29, 1.82) is 0 Å². The Morgan fingerprint density at radius 3 is 2.69 bits per heavy atom. The molecule has 1 amide bonds. The summed E-state index contributed by atoms with van der Waals surface area (Å²) in [6.45, 7) is 5.49. The molecular weight excluding hydrogens is 200 g/mol. The number of hydrogen-bond donors (Lipinski definition) is 1. The number of nitrogens with one attached hydrogen (secondary N) is 1. The van der Waals surface area contributed by atoms with Gasteiger partial charge in [0.05, 0.1) is 0 Å². The third-order valence-corrected chi connectivity index (χ3v) is 2.85. The average Bonchev–Trinajstić information content (AvgIpc) is 2.77. The number of carbonyl (C=O) groups is 1. The zero-order valence-corrected chi connectivity index (χ0v) is 9.66. The largest absolute Gasteiger partial charge is 0.361 e. The summed E-state index contributed by atoms with van der Waals surface area (Å²) < 4.78 is 0. The Balaban J connectivity index is 2.35. The molecule has 0 spiro atoms. The second-order valence-electron chi connectivity index (χ2n) is 3.76. The Morgan fingerprint density at radius 2 is 2.00 bits per heavy atom. The molecule has 3 nitrogen and oxygen atoms in total. The van der Waals surface area contributed by atoms with Crippen molar-refractivity contribution in [2.75, 3.05) is 13.1 Å². The van der Waals surface area contributed by atoms with Crippen LogP contribution in [0.5, 0.6) is 0 Å². The summed E-state index contributed by atoms with van der Waals surface area (Å²) in [6.07, 6.45) is 1.89. The smallest absolute Gasteiger partial charge is 0.253 e. The zero-order chi connectivity index (χ0) is 11.5. The highest BCUT2D eigenvalue weighted by Crippen LogP contribution is 2.15. The van der Waals surface area contributed by atoms with Crippen molar-refractivity contribution in [3.05, 3.63) is 36.0 Å². The first-order chi connectivity index (χ1) is 7.76. The fourth-order valence-electron chi connectivity index (χ4n) is 1.87. The van der Waals surface area contributed by atoms with Gasteiger partial charge >= 0.3 is 0 Å². The Labute approximate surface area is 95.1 Å². The van der Waals surface area contributed by atoms with Gasteiger partial charge < -0.3 is 9.88 Å². The van der Waals surface area contributed by atoms with Crippen molar-refractivity contribution in [3.63, 3.8) is 0 Å². The number of nitrogens with zero attached hydrogens (tertiary/aromatic N) is 1. The zero-order valence-electron chi connectivity index (χ0n) is 9.66. The molecule has 0 aliphatic heterocycles. The van der Waals surface area contributed by atoms with E-state index in [1.54, 1.807) is 0 Å². The normalized spacial score (nSPS) is 10.6. The monoisotopic (exact) mass is 216 g/mol. The first-order valence-corrected chi connectivity index (χ1v) is 5.62. The van der Waals surface area contributed by atoms with Gasteiger partial charge in [-0.05, 0) is 37.4 Å². The lowest BCUT2D eigenvalue weighted by molar-refractivity contribution is 0.0773. The molecule has 0 atom stereocenters. The molecule has 0 aliphatic rings. The van der Waals surface area contributed by atoms with E-state index in [9.17, 15) is 4.79 Å².